The maximum Gasteiger partial charge on any atom is 0.273 e. The Hall–Kier alpha value is -4.39. The first kappa shape index (κ1) is 25.3. The first-order chi connectivity index (χ1) is 18.4. The molecule has 1 aliphatic heterocycles. The summed E-state index contributed by atoms with van der Waals surface area (Å²) in [4.78, 5) is 29.5. The van der Waals surface area contributed by atoms with Crippen LogP contribution >= 0.6 is 0 Å². The second kappa shape index (κ2) is 10.5. The van der Waals surface area contributed by atoms with Gasteiger partial charge < -0.3 is 15.0 Å². The number of nitrogens with one attached hydrogen (secondary N) is 1. The minimum Gasteiger partial charge on any atom is -0.496 e. The Labute approximate surface area is 223 Å². The topological polar surface area (TPSA) is 76.5 Å². The van der Waals surface area contributed by atoms with Crippen molar-refractivity contribution in [1.82, 2.24) is 20.0 Å². The zero-order valence-corrected chi connectivity index (χ0v) is 22.0. The van der Waals surface area contributed by atoms with Crippen LogP contribution in [0.25, 0.3) is 11.3 Å². The number of rotatable bonds is 8. The Morgan fingerprint density at radius 1 is 1.00 bits per heavy atom. The standard InChI is InChI=1S/C31H32N4O3/c1-4-22-14-16-23(17-15-22)20-34-29(36)27-18-26(24-10-6-5-7-11-24)33-35(27)21-31(34,2)30(37)32-19-25-12-8-9-13-28(25)38-3/h5-18H,4,19-21H2,1-3H3,(H,32,37)/t31-/m1/s1. The second-order valence-electron chi connectivity index (χ2n) is 9.77. The van der Waals surface area contributed by atoms with Crippen LogP contribution in [0.2, 0.25) is 0 Å². The van der Waals surface area contributed by atoms with Crippen LogP contribution in [-0.4, -0.2) is 39.1 Å². The highest BCUT2D eigenvalue weighted by molar-refractivity contribution is 6.00. The van der Waals surface area contributed by atoms with Crippen molar-refractivity contribution in [2.75, 3.05) is 7.11 Å². The quantitative estimate of drug-likeness (QED) is 0.369. The summed E-state index contributed by atoms with van der Waals surface area (Å²) >= 11 is 0. The average Bonchev–Trinajstić information content (AvgIpc) is 3.39. The van der Waals surface area contributed by atoms with Gasteiger partial charge in [-0.15, -0.1) is 0 Å². The lowest BCUT2D eigenvalue weighted by Gasteiger charge is -2.43. The van der Waals surface area contributed by atoms with Crippen LogP contribution < -0.4 is 10.1 Å². The van der Waals surface area contributed by atoms with Crippen LogP contribution in [0.5, 0.6) is 5.75 Å². The van der Waals surface area contributed by atoms with Crippen molar-refractivity contribution in [2.24, 2.45) is 0 Å². The fraction of sp³-hybridized carbons (Fsp3) is 0.258. The van der Waals surface area contributed by atoms with E-state index in [2.05, 4.69) is 24.4 Å². The zero-order chi connectivity index (χ0) is 26.7. The Balaban J connectivity index is 1.48. The summed E-state index contributed by atoms with van der Waals surface area (Å²) in [6, 6.07) is 27.3. The lowest BCUT2D eigenvalue weighted by molar-refractivity contribution is -0.133. The lowest BCUT2D eigenvalue weighted by Crippen LogP contribution is -2.63. The number of ether oxygens (including phenoxy) is 1. The van der Waals surface area contributed by atoms with Gasteiger partial charge in [-0.3, -0.25) is 14.3 Å². The Morgan fingerprint density at radius 2 is 1.68 bits per heavy atom. The zero-order valence-electron chi connectivity index (χ0n) is 22.0. The van der Waals surface area contributed by atoms with Gasteiger partial charge in [0.15, 0.2) is 0 Å². The molecular formula is C31H32N4O3. The molecule has 3 aromatic carbocycles. The minimum atomic E-state index is -1.16. The van der Waals surface area contributed by atoms with Crippen molar-refractivity contribution in [3.8, 4) is 17.0 Å². The number of methoxy groups -OCH3 is 1. The van der Waals surface area contributed by atoms with E-state index in [1.807, 2.05) is 79.7 Å². The van der Waals surface area contributed by atoms with E-state index in [1.165, 1.54) is 5.56 Å². The van der Waals surface area contributed by atoms with E-state index in [9.17, 15) is 9.59 Å². The van der Waals surface area contributed by atoms with Gasteiger partial charge in [0.1, 0.15) is 17.0 Å². The van der Waals surface area contributed by atoms with E-state index in [0.717, 1.165) is 23.1 Å². The van der Waals surface area contributed by atoms with Crippen LogP contribution in [0, 0.1) is 0 Å². The number of para-hydroxylation sites is 1. The maximum absolute atomic E-state index is 13.9. The lowest BCUT2D eigenvalue weighted by atomic mass is 9.93. The van der Waals surface area contributed by atoms with Crippen molar-refractivity contribution in [3.05, 3.63) is 107 Å². The number of aryl methyl sites for hydroxylation is 1. The molecule has 0 saturated heterocycles. The highest BCUT2D eigenvalue weighted by Gasteiger charge is 2.48. The first-order valence-electron chi connectivity index (χ1n) is 12.9. The van der Waals surface area contributed by atoms with Crippen LogP contribution in [-0.2, 0) is 30.8 Å². The molecule has 7 nitrogen and oxygen atoms in total. The summed E-state index contributed by atoms with van der Waals surface area (Å²) < 4.78 is 7.12. The Morgan fingerprint density at radius 3 is 2.39 bits per heavy atom. The molecule has 1 N–H and O–H groups in total. The molecule has 1 atom stereocenters. The number of nitrogens with zero attached hydrogens (tertiary/aromatic N) is 3. The van der Waals surface area contributed by atoms with E-state index >= 15 is 0 Å². The van der Waals surface area contributed by atoms with E-state index in [0.29, 0.717) is 23.7 Å². The van der Waals surface area contributed by atoms with Crippen LogP contribution in [0.15, 0.2) is 84.9 Å². The number of benzene rings is 3. The van der Waals surface area contributed by atoms with Gasteiger partial charge in [0.2, 0.25) is 5.91 Å². The molecule has 0 saturated carbocycles. The molecule has 0 radical (unpaired) electrons. The summed E-state index contributed by atoms with van der Waals surface area (Å²) in [5, 5.41) is 7.78. The van der Waals surface area contributed by atoms with Gasteiger partial charge in [0, 0.05) is 24.2 Å². The molecule has 2 heterocycles. The number of hydrogen-bond acceptors (Lipinski definition) is 4. The summed E-state index contributed by atoms with van der Waals surface area (Å²) in [5.74, 6) is 0.234. The van der Waals surface area contributed by atoms with Gasteiger partial charge in [-0.2, -0.15) is 5.10 Å². The summed E-state index contributed by atoms with van der Waals surface area (Å²) in [6.45, 7) is 4.76. The minimum absolute atomic E-state index is 0.222. The van der Waals surface area contributed by atoms with Gasteiger partial charge in [0.05, 0.1) is 19.3 Å². The molecule has 7 heteroatoms. The van der Waals surface area contributed by atoms with Gasteiger partial charge in [-0.25, -0.2) is 0 Å². The smallest absolute Gasteiger partial charge is 0.273 e. The molecule has 0 aliphatic carbocycles. The van der Waals surface area contributed by atoms with Crippen molar-refractivity contribution < 1.29 is 14.3 Å². The van der Waals surface area contributed by atoms with Gasteiger partial charge in [-0.05, 0) is 36.6 Å². The SMILES string of the molecule is CCc1ccc(CN2C(=O)c3cc(-c4ccccc4)nn3C[C@]2(C)C(=O)NCc2ccccc2OC)cc1. The van der Waals surface area contributed by atoms with E-state index in [-0.39, 0.29) is 24.9 Å². The molecule has 4 aromatic rings. The predicted molar refractivity (Wildman–Crippen MR) is 147 cm³/mol. The van der Waals surface area contributed by atoms with Crippen LogP contribution in [0.4, 0.5) is 0 Å². The van der Waals surface area contributed by atoms with Gasteiger partial charge in [0.25, 0.3) is 5.91 Å². The third-order valence-corrected chi connectivity index (χ3v) is 7.26. The maximum atomic E-state index is 13.9. The molecule has 0 spiro atoms. The van der Waals surface area contributed by atoms with E-state index in [4.69, 9.17) is 9.84 Å². The molecule has 38 heavy (non-hydrogen) atoms. The molecule has 2 amide bonds. The summed E-state index contributed by atoms with van der Waals surface area (Å²) in [5.41, 5.74) is 4.00. The van der Waals surface area contributed by atoms with E-state index in [1.54, 1.807) is 16.7 Å². The van der Waals surface area contributed by atoms with Crippen molar-refractivity contribution in [1.29, 1.82) is 0 Å². The third-order valence-electron chi connectivity index (χ3n) is 7.26. The van der Waals surface area contributed by atoms with Crippen molar-refractivity contribution in [2.45, 2.75) is 45.4 Å². The fourth-order valence-electron chi connectivity index (χ4n) is 4.92. The predicted octanol–water partition coefficient (Wildman–Crippen LogP) is 4.85. The Bertz CT molecular complexity index is 1450. The highest BCUT2D eigenvalue weighted by Crippen LogP contribution is 2.32. The number of hydrogen-bond donors (Lipinski definition) is 1. The molecule has 5 rings (SSSR count). The Kier molecular flexibility index (Phi) is 7.01. The number of carbonyl (C=O) groups excluding carboxylic acids is 2. The molecule has 0 fully saturated rings. The van der Waals surface area contributed by atoms with Crippen molar-refractivity contribution >= 4 is 11.8 Å². The van der Waals surface area contributed by atoms with Crippen LogP contribution in [0.1, 0.15) is 41.0 Å². The number of amides is 2. The molecule has 0 unspecified atom stereocenters. The largest absolute Gasteiger partial charge is 0.496 e. The van der Waals surface area contributed by atoms with Crippen molar-refractivity contribution in [3.63, 3.8) is 0 Å². The normalized spacial score (nSPS) is 16.7. The summed E-state index contributed by atoms with van der Waals surface area (Å²) in [7, 11) is 1.61. The fourth-order valence-corrected chi connectivity index (χ4v) is 4.92. The molecule has 1 aromatic heterocycles. The van der Waals surface area contributed by atoms with Gasteiger partial charge in [-0.1, -0.05) is 79.7 Å². The molecular weight excluding hydrogens is 476 g/mol. The molecule has 0 bridgehead atoms. The molecule has 194 valence electrons. The number of aromatic nitrogens is 2. The number of carbonyl (C=O) groups is 2. The first-order valence-corrected chi connectivity index (χ1v) is 12.9. The monoisotopic (exact) mass is 508 g/mol. The third kappa shape index (κ3) is 4.79. The highest BCUT2D eigenvalue weighted by atomic mass is 16.5. The van der Waals surface area contributed by atoms with Gasteiger partial charge >= 0.3 is 0 Å². The molecule has 1 aliphatic rings. The number of fused-ring (bicyclic) bond motifs is 1. The average molecular weight is 509 g/mol. The summed E-state index contributed by atoms with van der Waals surface area (Å²) in [6.07, 6.45) is 0.938. The van der Waals surface area contributed by atoms with Crippen LogP contribution in [0.3, 0.4) is 0 Å². The second-order valence-corrected chi connectivity index (χ2v) is 9.77. The van der Waals surface area contributed by atoms with E-state index < -0.39 is 5.54 Å².